The van der Waals surface area contributed by atoms with Crippen LogP contribution >= 0.6 is 0 Å². The van der Waals surface area contributed by atoms with Gasteiger partial charge in [0, 0.05) is 18.3 Å². The molecular formula is C11H13NO3. The zero-order valence-corrected chi connectivity index (χ0v) is 8.32. The molecule has 0 amide bonds. The zero-order valence-electron chi connectivity index (χ0n) is 8.32. The molecule has 1 aliphatic rings. The average Bonchev–Trinajstić information content (AvgIpc) is 2.26. The van der Waals surface area contributed by atoms with Crippen molar-refractivity contribution in [3.05, 3.63) is 23.8 Å². The van der Waals surface area contributed by atoms with Gasteiger partial charge in [0.05, 0.1) is 0 Å². The van der Waals surface area contributed by atoms with Crippen LogP contribution in [0.3, 0.4) is 0 Å². The van der Waals surface area contributed by atoms with E-state index in [-0.39, 0.29) is 6.61 Å². The smallest absolute Gasteiger partial charge is 0.341 e. The minimum Gasteiger partial charge on any atom is -0.482 e. The number of anilines is 1. The van der Waals surface area contributed by atoms with Gasteiger partial charge in [-0.2, -0.15) is 0 Å². The summed E-state index contributed by atoms with van der Waals surface area (Å²) in [6, 6.07) is 5.66. The standard InChI is InChI=1S/C11H13NO3/c13-11(14)7-15-9-4-3-8-2-1-5-12-10(8)6-9/h3-4,6,12H,1-2,5,7H2,(H,13,14). The van der Waals surface area contributed by atoms with Crippen molar-refractivity contribution in [2.24, 2.45) is 0 Å². The van der Waals surface area contributed by atoms with Gasteiger partial charge in [-0.25, -0.2) is 4.79 Å². The first-order valence-corrected chi connectivity index (χ1v) is 4.97. The molecule has 1 aromatic carbocycles. The van der Waals surface area contributed by atoms with Crippen LogP contribution in [0.4, 0.5) is 5.69 Å². The molecule has 1 aromatic rings. The molecule has 0 aliphatic carbocycles. The second-order valence-electron chi connectivity index (χ2n) is 3.53. The molecule has 0 radical (unpaired) electrons. The molecule has 0 unspecified atom stereocenters. The fourth-order valence-corrected chi connectivity index (χ4v) is 1.67. The number of hydrogen-bond donors (Lipinski definition) is 2. The van der Waals surface area contributed by atoms with Gasteiger partial charge in [-0.15, -0.1) is 0 Å². The maximum absolute atomic E-state index is 10.3. The largest absolute Gasteiger partial charge is 0.482 e. The van der Waals surface area contributed by atoms with Crippen LogP contribution < -0.4 is 10.1 Å². The summed E-state index contributed by atoms with van der Waals surface area (Å²) in [5.41, 5.74) is 2.33. The van der Waals surface area contributed by atoms with E-state index in [1.165, 1.54) is 5.56 Å². The van der Waals surface area contributed by atoms with Gasteiger partial charge in [-0.05, 0) is 24.5 Å². The Kier molecular flexibility index (Phi) is 2.76. The highest BCUT2D eigenvalue weighted by Gasteiger charge is 2.09. The first-order valence-electron chi connectivity index (χ1n) is 4.97. The zero-order chi connectivity index (χ0) is 10.7. The number of rotatable bonds is 3. The van der Waals surface area contributed by atoms with Crippen molar-refractivity contribution < 1.29 is 14.6 Å². The number of aryl methyl sites for hydroxylation is 1. The third-order valence-electron chi connectivity index (χ3n) is 2.38. The molecule has 0 saturated carbocycles. The Morgan fingerprint density at radius 2 is 2.40 bits per heavy atom. The summed E-state index contributed by atoms with van der Waals surface area (Å²) in [5.74, 6) is -0.355. The third-order valence-corrected chi connectivity index (χ3v) is 2.38. The summed E-state index contributed by atoms with van der Waals surface area (Å²) in [6.45, 7) is 0.675. The highest BCUT2D eigenvalue weighted by Crippen LogP contribution is 2.26. The number of hydrogen-bond acceptors (Lipinski definition) is 3. The van der Waals surface area contributed by atoms with E-state index in [2.05, 4.69) is 5.32 Å². The number of benzene rings is 1. The van der Waals surface area contributed by atoms with Crippen molar-refractivity contribution >= 4 is 11.7 Å². The number of carbonyl (C=O) groups is 1. The molecule has 1 heterocycles. The van der Waals surface area contributed by atoms with Crippen LogP contribution in [0.25, 0.3) is 0 Å². The van der Waals surface area contributed by atoms with Crippen molar-refractivity contribution in [3.63, 3.8) is 0 Å². The fourth-order valence-electron chi connectivity index (χ4n) is 1.67. The lowest BCUT2D eigenvalue weighted by molar-refractivity contribution is -0.139. The Bertz CT molecular complexity index is 376. The maximum Gasteiger partial charge on any atom is 0.341 e. The van der Waals surface area contributed by atoms with Crippen molar-refractivity contribution in [2.45, 2.75) is 12.8 Å². The first kappa shape index (κ1) is 9.83. The van der Waals surface area contributed by atoms with Crippen LogP contribution in [0, 0.1) is 0 Å². The molecule has 15 heavy (non-hydrogen) atoms. The second-order valence-corrected chi connectivity index (χ2v) is 3.53. The minimum absolute atomic E-state index is 0.293. The quantitative estimate of drug-likeness (QED) is 0.788. The minimum atomic E-state index is -0.958. The summed E-state index contributed by atoms with van der Waals surface area (Å²) in [7, 11) is 0. The Hall–Kier alpha value is -1.71. The van der Waals surface area contributed by atoms with E-state index >= 15 is 0 Å². The van der Waals surface area contributed by atoms with Gasteiger partial charge >= 0.3 is 5.97 Å². The molecule has 0 spiro atoms. The molecule has 0 saturated heterocycles. The van der Waals surface area contributed by atoms with Crippen LogP contribution in [-0.2, 0) is 11.2 Å². The van der Waals surface area contributed by atoms with Crippen LogP contribution in [0.1, 0.15) is 12.0 Å². The molecule has 1 aliphatic heterocycles. The first-order chi connectivity index (χ1) is 7.25. The molecule has 0 bridgehead atoms. The number of carboxylic acid groups (broad SMARTS) is 1. The van der Waals surface area contributed by atoms with Gasteiger partial charge in [-0.3, -0.25) is 0 Å². The number of ether oxygens (including phenoxy) is 1. The second kappa shape index (κ2) is 4.21. The molecular weight excluding hydrogens is 194 g/mol. The van der Waals surface area contributed by atoms with Crippen LogP contribution in [0.5, 0.6) is 5.75 Å². The summed E-state index contributed by atoms with van der Waals surface area (Å²) in [6.07, 6.45) is 2.21. The molecule has 80 valence electrons. The molecule has 0 fully saturated rings. The molecule has 4 nitrogen and oxygen atoms in total. The molecule has 0 atom stereocenters. The van der Waals surface area contributed by atoms with Gasteiger partial charge < -0.3 is 15.2 Å². The van der Waals surface area contributed by atoms with E-state index in [0.29, 0.717) is 5.75 Å². The van der Waals surface area contributed by atoms with Gasteiger partial charge in [0.1, 0.15) is 5.75 Å². The monoisotopic (exact) mass is 207 g/mol. The SMILES string of the molecule is O=C(O)COc1ccc2c(c1)NCCC2. The lowest BCUT2D eigenvalue weighted by atomic mass is 10.0. The summed E-state index contributed by atoms with van der Waals surface area (Å²) >= 11 is 0. The Balaban J connectivity index is 2.10. The molecule has 4 heteroatoms. The van der Waals surface area contributed by atoms with Crippen LogP contribution in [0.15, 0.2) is 18.2 Å². The van der Waals surface area contributed by atoms with Crippen molar-refractivity contribution in [3.8, 4) is 5.75 Å². The number of nitrogens with one attached hydrogen (secondary N) is 1. The van der Waals surface area contributed by atoms with Crippen molar-refractivity contribution in [2.75, 3.05) is 18.5 Å². The number of fused-ring (bicyclic) bond motifs is 1. The summed E-state index contributed by atoms with van der Waals surface area (Å²) in [4.78, 5) is 10.3. The van der Waals surface area contributed by atoms with Gasteiger partial charge in [-0.1, -0.05) is 6.07 Å². The number of carboxylic acids is 1. The average molecular weight is 207 g/mol. The fraction of sp³-hybridized carbons (Fsp3) is 0.364. The van der Waals surface area contributed by atoms with Crippen LogP contribution in [0.2, 0.25) is 0 Å². The van der Waals surface area contributed by atoms with E-state index in [1.54, 1.807) is 0 Å². The maximum atomic E-state index is 10.3. The Labute approximate surface area is 87.9 Å². The van der Waals surface area contributed by atoms with Gasteiger partial charge in [0.25, 0.3) is 0 Å². The predicted molar refractivity (Wildman–Crippen MR) is 56.4 cm³/mol. The van der Waals surface area contributed by atoms with E-state index < -0.39 is 5.97 Å². The van der Waals surface area contributed by atoms with E-state index in [1.807, 2.05) is 18.2 Å². The normalized spacial score (nSPS) is 13.9. The topological polar surface area (TPSA) is 58.6 Å². The van der Waals surface area contributed by atoms with E-state index in [4.69, 9.17) is 9.84 Å². The molecule has 2 rings (SSSR count). The molecule has 0 aromatic heterocycles. The predicted octanol–water partition coefficient (Wildman–Crippen LogP) is 1.51. The Morgan fingerprint density at radius 3 is 3.20 bits per heavy atom. The highest BCUT2D eigenvalue weighted by molar-refractivity contribution is 5.68. The van der Waals surface area contributed by atoms with Crippen molar-refractivity contribution in [1.29, 1.82) is 0 Å². The lowest BCUT2D eigenvalue weighted by Gasteiger charge is -2.18. The van der Waals surface area contributed by atoms with E-state index in [0.717, 1.165) is 25.1 Å². The molecule has 2 N–H and O–H groups in total. The van der Waals surface area contributed by atoms with E-state index in [9.17, 15) is 4.79 Å². The van der Waals surface area contributed by atoms with Crippen molar-refractivity contribution in [1.82, 2.24) is 0 Å². The summed E-state index contributed by atoms with van der Waals surface area (Å²) in [5, 5.41) is 11.7. The third kappa shape index (κ3) is 2.40. The van der Waals surface area contributed by atoms with Crippen LogP contribution in [-0.4, -0.2) is 24.2 Å². The lowest BCUT2D eigenvalue weighted by Crippen LogP contribution is -2.13. The van der Waals surface area contributed by atoms with Gasteiger partial charge in [0.2, 0.25) is 0 Å². The van der Waals surface area contributed by atoms with Gasteiger partial charge in [0.15, 0.2) is 6.61 Å². The number of aliphatic carboxylic acids is 1. The Morgan fingerprint density at radius 1 is 1.53 bits per heavy atom. The summed E-state index contributed by atoms with van der Waals surface area (Å²) < 4.78 is 5.09. The highest BCUT2D eigenvalue weighted by atomic mass is 16.5.